The predicted octanol–water partition coefficient (Wildman–Crippen LogP) is 8.67. The summed E-state index contributed by atoms with van der Waals surface area (Å²) in [6, 6.07) is 52.0. The molecule has 184 valence electrons. The summed E-state index contributed by atoms with van der Waals surface area (Å²) < 4.78 is 0. The first-order valence-electron chi connectivity index (χ1n) is 13.8. The second-order valence-corrected chi connectivity index (χ2v) is 12.6. The average molecular weight is 515 g/mol. The maximum Gasteiger partial charge on any atom is -0.00186 e. The number of hydrogen-bond acceptors (Lipinski definition) is 0. The zero-order valence-corrected chi connectivity index (χ0v) is 22.5. The predicted molar refractivity (Wildman–Crippen MR) is 171 cm³/mol. The SMILES string of the molecule is c1ccc(P(c2ccccc2)c2cccc3ccc4c(c23)-c2c(c3ccccc3c3ccccc23)CC4)cc1. The minimum atomic E-state index is -0.728. The van der Waals surface area contributed by atoms with Crippen molar-refractivity contribution < 1.29 is 0 Å². The quantitative estimate of drug-likeness (QED) is 0.163. The Bertz CT molecular complexity index is 1970. The Morgan fingerprint density at radius 2 is 1.00 bits per heavy atom. The van der Waals surface area contributed by atoms with Gasteiger partial charge in [0.15, 0.2) is 0 Å². The lowest BCUT2D eigenvalue weighted by Gasteiger charge is -2.28. The molecule has 0 spiro atoms. The van der Waals surface area contributed by atoms with Crippen molar-refractivity contribution in [1.29, 1.82) is 0 Å². The lowest BCUT2D eigenvalue weighted by Crippen LogP contribution is -2.22. The fraction of sp³-hybridized carbons (Fsp3) is 0.0526. The van der Waals surface area contributed by atoms with Crippen LogP contribution in [0.1, 0.15) is 11.1 Å². The van der Waals surface area contributed by atoms with Gasteiger partial charge in [-0.25, -0.2) is 0 Å². The maximum absolute atomic E-state index is 2.39. The number of rotatable bonds is 3. The van der Waals surface area contributed by atoms with Gasteiger partial charge in [0.1, 0.15) is 0 Å². The third kappa shape index (κ3) is 3.56. The molecule has 39 heavy (non-hydrogen) atoms. The largest absolute Gasteiger partial charge is 0.0622 e. The van der Waals surface area contributed by atoms with E-state index in [9.17, 15) is 0 Å². The third-order valence-corrected chi connectivity index (χ3v) is 10.8. The number of hydrogen-bond donors (Lipinski definition) is 0. The van der Waals surface area contributed by atoms with Crippen LogP contribution < -0.4 is 15.9 Å². The highest BCUT2D eigenvalue weighted by Crippen LogP contribution is 2.48. The molecule has 1 heteroatoms. The molecule has 1 aliphatic rings. The van der Waals surface area contributed by atoms with Gasteiger partial charge in [0.25, 0.3) is 0 Å². The Hall–Kier alpha value is -4.25. The number of benzene rings is 7. The first kappa shape index (κ1) is 22.7. The van der Waals surface area contributed by atoms with Gasteiger partial charge in [0.2, 0.25) is 0 Å². The first-order chi connectivity index (χ1) is 19.4. The summed E-state index contributed by atoms with van der Waals surface area (Å²) in [5.74, 6) is 0. The van der Waals surface area contributed by atoms with Crippen molar-refractivity contribution >= 4 is 56.2 Å². The summed E-state index contributed by atoms with van der Waals surface area (Å²) in [6.45, 7) is 0. The molecule has 0 radical (unpaired) electrons. The molecule has 0 bridgehead atoms. The molecule has 8 rings (SSSR count). The highest BCUT2D eigenvalue weighted by molar-refractivity contribution is 7.80. The van der Waals surface area contributed by atoms with Crippen molar-refractivity contribution in [2.24, 2.45) is 0 Å². The lowest BCUT2D eigenvalue weighted by molar-refractivity contribution is 0.957. The van der Waals surface area contributed by atoms with Crippen molar-refractivity contribution in [1.82, 2.24) is 0 Å². The van der Waals surface area contributed by atoms with Crippen molar-refractivity contribution in [2.45, 2.75) is 12.8 Å². The van der Waals surface area contributed by atoms with E-state index in [2.05, 4.69) is 140 Å². The fourth-order valence-electron chi connectivity index (χ4n) is 6.68. The van der Waals surface area contributed by atoms with Gasteiger partial charge in [0, 0.05) is 0 Å². The second kappa shape index (κ2) is 9.19. The highest BCUT2D eigenvalue weighted by atomic mass is 31.1. The zero-order chi connectivity index (χ0) is 25.8. The Labute approximate surface area is 230 Å². The van der Waals surface area contributed by atoms with Crippen LogP contribution in [0.5, 0.6) is 0 Å². The maximum atomic E-state index is 2.39. The zero-order valence-electron chi connectivity index (χ0n) is 21.6. The molecule has 1 aliphatic carbocycles. The van der Waals surface area contributed by atoms with Crippen LogP contribution in [0, 0.1) is 0 Å². The molecular formula is C38H27P. The summed E-state index contributed by atoms with van der Waals surface area (Å²) in [5, 5.41) is 12.5. The van der Waals surface area contributed by atoms with E-state index in [1.165, 1.54) is 70.5 Å². The Morgan fingerprint density at radius 3 is 1.69 bits per heavy atom. The second-order valence-electron chi connectivity index (χ2n) is 10.4. The van der Waals surface area contributed by atoms with Gasteiger partial charge in [-0.3, -0.25) is 0 Å². The van der Waals surface area contributed by atoms with Gasteiger partial charge >= 0.3 is 0 Å². The molecule has 0 atom stereocenters. The molecule has 0 unspecified atom stereocenters. The topological polar surface area (TPSA) is 0 Å². The molecule has 0 nitrogen and oxygen atoms in total. The van der Waals surface area contributed by atoms with Crippen LogP contribution in [-0.2, 0) is 12.8 Å². The minimum Gasteiger partial charge on any atom is -0.0622 e. The van der Waals surface area contributed by atoms with Gasteiger partial charge in [-0.15, -0.1) is 0 Å². The summed E-state index contributed by atoms with van der Waals surface area (Å²) in [7, 11) is -0.728. The van der Waals surface area contributed by atoms with Crippen LogP contribution in [0.25, 0.3) is 43.4 Å². The van der Waals surface area contributed by atoms with Crippen LogP contribution in [0.15, 0.2) is 140 Å². The Balaban J connectivity index is 1.53. The van der Waals surface area contributed by atoms with Gasteiger partial charge in [-0.05, 0) is 91.2 Å². The van der Waals surface area contributed by atoms with E-state index < -0.39 is 7.92 Å². The van der Waals surface area contributed by atoms with E-state index in [4.69, 9.17) is 0 Å². The molecule has 0 heterocycles. The van der Waals surface area contributed by atoms with E-state index in [1.54, 1.807) is 0 Å². The monoisotopic (exact) mass is 514 g/mol. The van der Waals surface area contributed by atoms with Crippen LogP contribution >= 0.6 is 7.92 Å². The molecule has 7 aromatic carbocycles. The molecule has 0 aliphatic heterocycles. The van der Waals surface area contributed by atoms with Crippen molar-refractivity contribution in [2.75, 3.05) is 0 Å². The summed E-state index contributed by atoms with van der Waals surface area (Å²) >= 11 is 0. The average Bonchev–Trinajstić information content (AvgIpc) is 3.02. The van der Waals surface area contributed by atoms with Gasteiger partial charge in [-0.1, -0.05) is 140 Å². The minimum absolute atomic E-state index is 0.728. The van der Waals surface area contributed by atoms with Crippen LogP contribution in [0.2, 0.25) is 0 Å². The van der Waals surface area contributed by atoms with Crippen molar-refractivity contribution in [3.05, 3.63) is 151 Å². The van der Waals surface area contributed by atoms with Gasteiger partial charge in [-0.2, -0.15) is 0 Å². The smallest absolute Gasteiger partial charge is 0.00186 e. The molecule has 0 N–H and O–H groups in total. The van der Waals surface area contributed by atoms with Gasteiger partial charge < -0.3 is 0 Å². The van der Waals surface area contributed by atoms with Crippen molar-refractivity contribution in [3.63, 3.8) is 0 Å². The fourth-order valence-corrected chi connectivity index (χ4v) is 9.18. The van der Waals surface area contributed by atoms with Gasteiger partial charge in [0.05, 0.1) is 0 Å². The van der Waals surface area contributed by atoms with E-state index in [0.29, 0.717) is 0 Å². The Kier molecular flexibility index (Phi) is 5.35. The number of aryl methyl sites for hydroxylation is 2. The van der Waals surface area contributed by atoms with Crippen LogP contribution in [0.4, 0.5) is 0 Å². The van der Waals surface area contributed by atoms with E-state index in [0.717, 1.165) is 12.8 Å². The normalized spacial score (nSPS) is 12.6. The lowest BCUT2D eigenvalue weighted by atomic mass is 9.78. The summed E-state index contributed by atoms with van der Waals surface area (Å²) in [6.07, 6.45) is 2.15. The molecule has 0 saturated carbocycles. The first-order valence-corrected chi connectivity index (χ1v) is 15.1. The molecule has 0 fully saturated rings. The van der Waals surface area contributed by atoms with Crippen LogP contribution in [0.3, 0.4) is 0 Å². The third-order valence-electron chi connectivity index (χ3n) is 8.31. The molecule has 0 saturated heterocycles. The van der Waals surface area contributed by atoms with Crippen molar-refractivity contribution in [3.8, 4) is 11.1 Å². The standard InChI is InChI=1S/C38H27P/c1-3-13-28(14-4-1)39(29-15-5-2-6-16-29)35-21-11-12-26-22-23-27-24-25-34-32-19-8-7-17-30(32)31-18-9-10-20-33(31)38(34)37(27)36(26)35/h1-23H,24-25H2. The Morgan fingerprint density at radius 1 is 0.410 bits per heavy atom. The summed E-state index contributed by atoms with van der Waals surface area (Å²) in [5.41, 5.74) is 5.87. The molecule has 0 amide bonds. The van der Waals surface area contributed by atoms with E-state index in [1.807, 2.05) is 0 Å². The summed E-state index contributed by atoms with van der Waals surface area (Å²) in [4.78, 5) is 0. The molecular weight excluding hydrogens is 487 g/mol. The van der Waals surface area contributed by atoms with Crippen LogP contribution in [-0.4, -0.2) is 0 Å². The van der Waals surface area contributed by atoms with E-state index >= 15 is 0 Å². The molecule has 7 aromatic rings. The molecule has 0 aromatic heterocycles. The number of fused-ring (bicyclic) bond motifs is 10. The van der Waals surface area contributed by atoms with E-state index in [-0.39, 0.29) is 0 Å². The highest BCUT2D eigenvalue weighted by Gasteiger charge is 2.27.